The molecule has 0 saturated carbocycles. The summed E-state index contributed by atoms with van der Waals surface area (Å²) in [6.07, 6.45) is 2.50. The van der Waals surface area contributed by atoms with Gasteiger partial charge in [-0.2, -0.15) is 0 Å². The Labute approximate surface area is 101 Å². The number of ether oxygens (including phenoxy) is 1. The van der Waals surface area contributed by atoms with E-state index in [1.54, 1.807) is 0 Å². The summed E-state index contributed by atoms with van der Waals surface area (Å²) in [7, 11) is 2.19. The number of nitrogens with two attached hydrogens (primary N) is 1. The van der Waals surface area contributed by atoms with E-state index in [1.807, 2.05) is 6.92 Å². The number of hydrogen-bond acceptors (Lipinski definition) is 3. The molecule has 2 atom stereocenters. The van der Waals surface area contributed by atoms with E-state index < -0.39 is 0 Å². The highest BCUT2D eigenvalue weighted by Crippen LogP contribution is 2.10. The van der Waals surface area contributed by atoms with Gasteiger partial charge in [-0.05, 0) is 39.7 Å². The van der Waals surface area contributed by atoms with Crippen molar-refractivity contribution in [2.24, 2.45) is 11.7 Å². The Morgan fingerprint density at radius 3 is 2.31 bits per heavy atom. The molecule has 0 saturated heterocycles. The van der Waals surface area contributed by atoms with Crippen molar-refractivity contribution in [2.45, 2.75) is 52.7 Å². The van der Waals surface area contributed by atoms with Crippen molar-refractivity contribution < 1.29 is 4.74 Å². The van der Waals surface area contributed by atoms with Gasteiger partial charge in [0.2, 0.25) is 0 Å². The minimum atomic E-state index is 0.221. The molecule has 0 radical (unpaired) electrons. The number of hydrogen-bond donors (Lipinski definition) is 1. The van der Waals surface area contributed by atoms with E-state index in [1.165, 1.54) is 6.42 Å². The van der Waals surface area contributed by atoms with E-state index in [9.17, 15) is 0 Å². The largest absolute Gasteiger partial charge is 0.377 e. The second-order valence-electron chi connectivity index (χ2n) is 5.06. The first-order valence-electron chi connectivity index (χ1n) is 6.53. The fraction of sp³-hybridized carbons (Fsp3) is 1.00. The first kappa shape index (κ1) is 15.9. The van der Waals surface area contributed by atoms with Crippen LogP contribution in [0.1, 0.15) is 40.5 Å². The van der Waals surface area contributed by atoms with E-state index >= 15 is 0 Å². The molecule has 0 amide bonds. The lowest BCUT2D eigenvalue weighted by Gasteiger charge is -2.27. The summed E-state index contributed by atoms with van der Waals surface area (Å²) in [4.78, 5) is 2.40. The maximum atomic E-state index is 5.66. The van der Waals surface area contributed by atoms with Gasteiger partial charge in [0.05, 0.1) is 6.10 Å². The molecule has 0 spiro atoms. The van der Waals surface area contributed by atoms with Gasteiger partial charge < -0.3 is 15.4 Å². The molecule has 0 fully saturated rings. The molecule has 0 aliphatic rings. The van der Waals surface area contributed by atoms with Crippen LogP contribution in [0.2, 0.25) is 0 Å². The normalized spacial score (nSPS) is 15.8. The van der Waals surface area contributed by atoms with Crippen LogP contribution in [0.15, 0.2) is 0 Å². The third-order valence-corrected chi connectivity index (χ3v) is 3.03. The number of nitrogens with zero attached hydrogens (tertiary/aromatic N) is 1. The Morgan fingerprint density at radius 1 is 1.25 bits per heavy atom. The van der Waals surface area contributed by atoms with Crippen LogP contribution < -0.4 is 5.73 Å². The molecule has 2 unspecified atom stereocenters. The van der Waals surface area contributed by atoms with Gasteiger partial charge in [0.15, 0.2) is 0 Å². The average Bonchev–Trinajstić information content (AvgIpc) is 2.22. The van der Waals surface area contributed by atoms with Crippen LogP contribution in [0.25, 0.3) is 0 Å². The van der Waals surface area contributed by atoms with Crippen molar-refractivity contribution in [2.75, 3.05) is 26.7 Å². The Bertz CT molecular complexity index is 162. The first-order valence-corrected chi connectivity index (χ1v) is 6.53. The third kappa shape index (κ3) is 7.20. The topological polar surface area (TPSA) is 38.5 Å². The summed E-state index contributed by atoms with van der Waals surface area (Å²) in [5, 5.41) is 0. The van der Waals surface area contributed by atoms with Crippen LogP contribution in [-0.2, 0) is 4.74 Å². The molecule has 0 aliphatic carbocycles. The van der Waals surface area contributed by atoms with Crippen molar-refractivity contribution >= 4 is 0 Å². The van der Waals surface area contributed by atoms with Gasteiger partial charge >= 0.3 is 0 Å². The smallest absolute Gasteiger partial charge is 0.0709 e. The van der Waals surface area contributed by atoms with E-state index in [2.05, 4.69) is 32.7 Å². The van der Waals surface area contributed by atoms with Crippen molar-refractivity contribution in [3.8, 4) is 0 Å². The highest BCUT2D eigenvalue weighted by atomic mass is 16.5. The minimum absolute atomic E-state index is 0.221. The molecule has 16 heavy (non-hydrogen) atoms. The standard InChI is InChI=1S/C13H30N2O/c1-6-16-13(10-14)7-8-15(5)12(4)9-11(2)3/h11-13H,6-10,14H2,1-5H3. The van der Waals surface area contributed by atoms with E-state index in [4.69, 9.17) is 10.5 Å². The number of rotatable bonds is 9. The molecule has 0 heterocycles. The van der Waals surface area contributed by atoms with Crippen LogP contribution in [0.5, 0.6) is 0 Å². The molecule has 3 heteroatoms. The van der Waals surface area contributed by atoms with E-state index in [0.717, 1.165) is 25.5 Å². The molecule has 0 rings (SSSR count). The second kappa shape index (κ2) is 8.97. The highest BCUT2D eigenvalue weighted by Gasteiger charge is 2.13. The Balaban J connectivity index is 3.80. The summed E-state index contributed by atoms with van der Waals surface area (Å²) in [6, 6.07) is 0.639. The molecular formula is C13H30N2O. The van der Waals surface area contributed by atoms with Gasteiger partial charge in [0.25, 0.3) is 0 Å². The van der Waals surface area contributed by atoms with Gasteiger partial charge in [-0.1, -0.05) is 13.8 Å². The predicted molar refractivity (Wildman–Crippen MR) is 70.6 cm³/mol. The van der Waals surface area contributed by atoms with Crippen molar-refractivity contribution in [1.82, 2.24) is 4.90 Å². The molecule has 0 aromatic carbocycles. The fourth-order valence-electron chi connectivity index (χ4n) is 1.94. The van der Waals surface area contributed by atoms with Gasteiger partial charge in [-0.15, -0.1) is 0 Å². The minimum Gasteiger partial charge on any atom is -0.377 e. The molecular weight excluding hydrogens is 200 g/mol. The maximum Gasteiger partial charge on any atom is 0.0709 e. The summed E-state index contributed by atoms with van der Waals surface area (Å²) in [5.41, 5.74) is 5.66. The average molecular weight is 230 g/mol. The second-order valence-corrected chi connectivity index (χ2v) is 5.06. The lowest BCUT2D eigenvalue weighted by atomic mass is 10.0. The molecule has 3 nitrogen and oxygen atoms in total. The zero-order chi connectivity index (χ0) is 12.6. The predicted octanol–water partition coefficient (Wildman–Crippen LogP) is 2.11. The summed E-state index contributed by atoms with van der Waals surface area (Å²) in [6.45, 7) is 11.3. The van der Waals surface area contributed by atoms with Crippen molar-refractivity contribution in [1.29, 1.82) is 0 Å². The van der Waals surface area contributed by atoms with Gasteiger partial charge in [0, 0.05) is 25.7 Å². The highest BCUT2D eigenvalue weighted by molar-refractivity contribution is 4.68. The van der Waals surface area contributed by atoms with Gasteiger partial charge in [-0.3, -0.25) is 0 Å². The monoisotopic (exact) mass is 230 g/mol. The summed E-state index contributed by atoms with van der Waals surface area (Å²) >= 11 is 0. The van der Waals surface area contributed by atoms with Crippen LogP contribution in [0.4, 0.5) is 0 Å². The maximum absolute atomic E-state index is 5.66. The molecule has 0 aromatic heterocycles. The zero-order valence-electron chi connectivity index (χ0n) is 11.7. The zero-order valence-corrected chi connectivity index (χ0v) is 11.7. The van der Waals surface area contributed by atoms with E-state index in [-0.39, 0.29) is 6.10 Å². The lowest BCUT2D eigenvalue weighted by molar-refractivity contribution is 0.0527. The van der Waals surface area contributed by atoms with Crippen LogP contribution >= 0.6 is 0 Å². The van der Waals surface area contributed by atoms with Gasteiger partial charge in [0.1, 0.15) is 0 Å². The Morgan fingerprint density at radius 2 is 1.88 bits per heavy atom. The molecule has 98 valence electrons. The Hall–Kier alpha value is -0.120. The summed E-state index contributed by atoms with van der Waals surface area (Å²) < 4.78 is 5.55. The lowest BCUT2D eigenvalue weighted by Crippen LogP contribution is -2.35. The van der Waals surface area contributed by atoms with Crippen molar-refractivity contribution in [3.63, 3.8) is 0 Å². The SMILES string of the molecule is CCOC(CN)CCN(C)C(C)CC(C)C. The molecule has 0 bridgehead atoms. The summed E-state index contributed by atoms with van der Waals surface area (Å²) in [5.74, 6) is 0.759. The van der Waals surface area contributed by atoms with Gasteiger partial charge in [-0.25, -0.2) is 0 Å². The quantitative estimate of drug-likeness (QED) is 0.659. The first-order chi connectivity index (χ1) is 7.51. The van der Waals surface area contributed by atoms with Crippen LogP contribution in [0.3, 0.4) is 0 Å². The molecule has 0 aromatic rings. The molecule has 0 aliphatic heterocycles. The van der Waals surface area contributed by atoms with Crippen LogP contribution in [0, 0.1) is 5.92 Å². The van der Waals surface area contributed by atoms with Crippen LogP contribution in [-0.4, -0.2) is 43.8 Å². The molecule has 2 N–H and O–H groups in total. The van der Waals surface area contributed by atoms with E-state index in [0.29, 0.717) is 12.6 Å². The Kier molecular flexibility index (Phi) is 8.90. The fourth-order valence-corrected chi connectivity index (χ4v) is 1.94. The third-order valence-electron chi connectivity index (χ3n) is 3.03. The van der Waals surface area contributed by atoms with Crippen molar-refractivity contribution in [3.05, 3.63) is 0 Å².